The van der Waals surface area contributed by atoms with Gasteiger partial charge in [-0.1, -0.05) is 161 Å². The summed E-state index contributed by atoms with van der Waals surface area (Å²) in [5.41, 5.74) is 0. The van der Waals surface area contributed by atoms with E-state index in [0.717, 1.165) is 32.7 Å². The number of unbranched alkanes of at least 4 members (excludes halogenated alkanes) is 24. The number of allylic oxidation sites excluding steroid dienone is 4. The van der Waals surface area contributed by atoms with Crippen molar-refractivity contribution in [2.75, 3.05) is 33.9 Å². The molecule has 0 aliphatic heterocycles. The van der Waals surface area contributed by atoms with Crippen LogP contribution in [0.4, 0.5) is 0 Å². The maximum Gasteiger partial charge on any atom is 0.0823 e. The molecule has 0 aliphatic rings. The Morgan fingerprint density at radius 1 is 0.447 bits per heavy atom. The van der Waals surface area contributed by atoms with Gasteiger partial charge in [0.05, 0.1) is 12.7 Å². The minimum absolute atomic E-state index is 0.222. The Labute approximate surface area is 297 Å². The van der Waals surface area contributed by atoms with Crippen molar-refractivity contribution in [2.45, 2.75) is 226 Å². The molecule has 0 aliphatic carbocycles. The largest absolute Gasteiger partial charge is 0.379 e. The zero-order valence-electron chi connectivity index (χ0n) is 33.1. The Kier molecular flexibility index (Phi) is 39.3. The van der Waals surface area contributed by atoms with Crippen LogP contribution in [-0.2, 0) is 9.47 Å². The van der Waals surface area contributed by atoms with Crippen LogP contribution in [0.2, 0.25) is 0 Å². The van der Waals surface area contributed by atoms with E-state index in [-0.39, 0.29) is 6.10 Å². The molecule has 0 fully saturated rings. The number of hydrogen-bond donors (Lipinski definition) is 0. The third-order valence-corrected chi connectivity index (χ3v) is 9.85. The van der Waals surface area contributed by atoms with Crippen molar-refractivity contribution in [3.8, 4) is 0 Å². The third kappa shape index (κ3) is 36.5. The van der Waals surface area contributed by atoms with Gasteiger partial charge in [0.15, 0.2) is 0 Å². The Hall–Kier alpha value is -0.640. The highest BCUT2D eigenvalue weighted by Gasteiger charge is 2.18. The van der Waals surface area contributed by atoms with Gasteiger partial charge in [0.2, 0.25) is 0 Å². The number of hydrogen-bond acceptors (Lipinski definition) is 3. The Balaban J connectivity index is 3.80. The smallest absolute Gasteiger partial charge is 0.0823 e. The molecule has 3 nitrogen and oxygen atoms in total. The van der Waals surface area contributed by atoms with Crippen LogP contribution < -0.4 is 0 Å². The highest BCUT2D eigenvalue weighted by Crippen LogP contribution is 2.15. The summed E-state index contributed by atoms with van der Waals surface area (Å²) >= 11 is 0. The first-order valence-corrected chi connectivity index (χ1v) is 21.3. The molecular weight excluding hydrogens is 574 g/mol. The molecule has 2 unspecified atom stereocenters. The van der Waals surface area contributed by atoms with Gasteiger partial charge in [-0.15, -0.1) is 0 Å². The first-order chi connectivity index (χ1) is 23.2. The van der Waals surface area contributed by atoms with Crippen molar-refractivity contribution in [3.05, 3.63) is 24.3 Å². The molecule has 0 N–H and O–H groups in total. The van der Waals surface area contributed by atoms with E-state index in [1.807, 2.05) is 0 Å². The average Bonchev–Trinajstić information content (AvgIpc) is 3.07. The molecule has 3 heteroatoms. The van der Waals surface area contributed by atoms with E-state index in [1.165, 1.54) is 180 Å². The molecule has 0 rings (SSSR count). The Morgan fingerprint density at radius 3 is 1.19 bits per heavy atom. The van der Waals surface area contributed by atoms with Gasteiger partial charge in [0, 0.05) is 19.3 Å². The molecule has 0 aromatic carbocycles. The van der Waals surface area contributed by atoms with E-state index < -0.39 is 0 Å². The van der Waals surface area contributed by atoms with Crippen molar-refractivity contribution in [2.24, 2.45) is 0 Å². The van der Waals surface area contributed by atoms with Crippen molar-refractivity contribution in [1.29, 1.82) is 0 Å². The van der Waals surface area contributed by atoms with Gasteiger partial charge in [0.1, 0.15) is 0 Å². The maximum absolute atomic E-state index is 6.41. The first-order valence-electron chi connectivity index (χ1n) is 21.3. The molecule has 280 valence electrons. The zero-order valence-corrected chi connectivity index (χ0v) is 33.1. The second-order valence-corrected chi connectivity index (χ2v) is 14.7. The van der Waals surface area contributed by atoms with Gasteiger partial charge in [-0.05, 0) is 91.1 Å². The molecule has 0 saturated heterocycles. The second kappa shape index (κ2) is 39.8. The zero-order chi connectivity index (χ0) is 34.3. The molecule has 47 heavy (non-hydrogen) atoms. The minimum Gasteiger partial charge on any atom is -0.379 e. The summed E-state index contributed by atoms with van der Waals surface area (Å²) in [6.07, 6.45) is 49.9. The summed E-state index contributed by atoms with van der Waals surface area (Å²) in [4.78, 5) is 2.35. The van der Waals surface area contributed by atoms with Gasteiger partial charge < -0.3 is 14.4 Å². The van der Waals surface area contributed by atoms with Crippen LogP contribution in [0, 0.1) is 0 Å². The molecule has 0 spiro atoms. The van der Waals surface area contributed by atoms with Gasteiger partial charge in [-0.25, -0.2) is 0 Å². The molecule has 0 saturated carbocycles. The maximum atomic E-state index is 6.41. The van der Waals surface area contributed by atoms with Crippen molar-refractivity contribution < 1.29 is 9.47 Å². The SMILES string of the molecule is CCCCCCCCC=CCCCCCCCCOCC(CC(CC)N(C)C)OCCCCCCCCC=CCCCCCCCC. The molecule has 2 atom stereocenters. The molecule has 0 bridgehead atoms. The van der Waals surface area contributed by atoms with Crippen LogP contribution in [0.3, 0.4) is 0 Å². The van der Waals surface area contributed by atoms with Gasteiger partial charge in [-0.2, -0.15) is 0 Å². The average molecular weight is 662 g/mol. The molecule has 0 aromatic rings. The molecular formula is C44H87NO2. The van der Waals surface area contributed by atoms with E-state index in [1.54, 1.807) is 0 Å². The number of ether oxygens (including phenoxy) is 2. The van der Waals surface area contributed by atoms with Gasteiger partial charge in [-0.3, -0.25) is 0 Å². The fourth-order valence-electron chi connectivity index (χ4n) is 6.50. The van der Waals surface area contributed by atoms with Crippen LogP contribution in [0.15, 0.2) is 24.3 Å². The molecule has 0 amide bonds. The summed E-state index contributed by atoms with van der Waals surface area (Å²) in [5.74, 6) is 0. The molecule has 0 radical (unpaired) electrons. The fraction of sp³-hybridized carbons (Fsp3) is 0.909. The Bertz CT molecular complexity index is 630. The van der Waals surface area contributed by atoms with Crippen molar-refractivity contribution >= 4 is 0 Å². The van der Waals surface area contributed by atoms with E-state index >= 15 is 0 Å². The third-order valence-electron chi connectivity index (χ3n) is 9.85. The van der Waals surface area contributed by atoms with Crippen LogP contribution >= 0.6 is 0 Å². The highest BCUT2D eigenvalue weighted by atomic mass is 16.5. The van der Waals surface area contributed by atoms with Crippen LogP contribution in [-0.4, -0.2) is 51.0 Å². The van der Waals surface area contributed by atoms with Crippen molar-refractivity contribution in [3.63, 3.8) is 0 Å². The quantitative estimate of drug-likeness (QED) is 0.0483. The lowest BCUT2D eigenvalue weighted by Crippen LogP contribution is -2.34. The lowest BCUT2D eigenvalue weighted by atomic mass is 10.1. The van der Waals surface area contributed by atoms with Crippen LogP contribution in [0.1, 0.15) is 213 Å². The predicted octanol–water partition coefficient (Wildman–Crippen LogP) is 14.2. The fourth-order valence-corrected chi connectivity index (χ4v) is 6.50. The van der Waals surface area contributed by atoms with Crippen LogP contribution in [0.25, 0.3) is 0 Å². The topological polar surface area (TPSA) is 21.7 Å². The number of nitrogens with zero attached hydrogens (tertiary/aromatic N) is 1. The highest BCUT2D eigenvalue weighted by molar-refractivity contribution is 4.82. The first kappa shape index (κ1) is 46.4. The summed E-state index contributed by atoms with van der Waals surface area (Å²) in [6, 6.07) is 0.564. The van der Waals surface area contributed by atoms with E-state index in [4.69, 9.17) is 9.47 Å². The monoisotopic (exact) mass is 662 g/mol. The predicted molar refractivity (Wildman–Crippen MR) is 212 cm³/mol. The van der Waals surface area contributed by atoms with E-state index in [0.29, 0.717) is 6.04 Å². The van der Waals surface area contributed by atoms with Gasteiger partial charge >= 0.3 is 0 Å². The summed E-state index contributed by atoms with van der Waals surface area (Å²) < 4.78 is 12.6. The molecule has 0 aromatic heterocycles. The molecule has 0 heterocycles. The lowest BCUT2D eigenvalue weighted by molar-refractivity contribution is -0.0324. The van der Waals surface area contributed by atoms with Crippen LogP contribution in [0.5, 0.6) is 0 Å². The van der Waals surface area contributed by atoms with E-state index in [9.17, 15) is 0 Å². The Morgan fingerprint density at radius 2 is 0.809 bits per heavy atom. The van der Waals surface area contributed by atoms with E-state index in [2.05, 4.69) is 64.1 Å². The summed E-state index contributed by atoms with van der Waals surface area (Å²) in [6.45, 7) is 9.39. The minimum atomic E-state index is 0.222. The second-order valence-electron chi connectivity index (χ2n) is 14.7. The lowest BCUT2D eigenvalue weighted by Gasteiger charge is -2.28. The summed E-state index contributed by atoms with van der Waals surface area (Å²) in [5, 5.41) is 0. The number of rotatable bonds is 39. The van der Waals surface area contributed by atoms with Gasteiger partial charge in [0.25, 0.3) is 0 Å². The van der Waals surface area contributed by atoms with Crippen molar-refractivity contribution in [1.82, 2.24) is 4.90 Å². The standard InChI is InChI=1S/C44H87NO2/c1-6-9-11-13-15-17-19-21-23-25-27-29-31-33-35-37-39-46-42-44(41-43(8-3)45(4)5)47-40-38-36-34-32-30-28-26-24-22-20-18-16-14-12-10-7-2/h21-24,43-44H,6-20,25-42H2,1-5H3. The summed E-state index contributed by atoms with van der Waals surface area (Å²) in [7, 11) is 4.40. The normalized spacial score (nSPS) is 13.5.